The van der Waals surface area contributed by atoms with E-state index < -0.39 is 14.2 Å². The fourth-order valence-electron chi connectivity index (χ4n) is 1.22. The highest BCUT2D eigenvalue weighted by molar-refractivity contribution is 8.37. The predicted octanol–water partition coefficient (Wildman–Crippen LogP) is 2.16. The molecule has 11 heavy (non-hydrogen) atoms. The first-order chi connectivity index (χ1) is 4.93. The van der Waals surface area contributed by atoms with Crippen LogP contribution in [-0.4, -0.2) is 28.3 Å². The Morgan fingerprint density at radius 2 is 1.36 bits per heavy atom. The van der Waals surface area contributed by atoms with Gasteiger partial charge in [-0.05, 0) is 20.8 Å². The van der Waals surface area contributed by atoms with Gasteiger partial charge in [0.15, 0.2) is 0 Å². The van der Waals surface area contributed by atoms with Crippen molar-refractivity contribution in [3.05, 3.63) is 0 Å². The van der Waals surface area contributed by atoms with Crippen molar-refractivity contribution in [2.45, 2.75) is 20.8 Å². The van der Waals surface area contributed by atoms with Crippen LogP contribution in [0.25, 0.3) is 0 Å². The molecule has 0 aromatic rings. The minimum atomic E-state index is -3.80. The number of hydrogen-bond acceptors (Lipinski definition) is 1. The van der Waals surface area contributed by atoms with E-state index in [0.717, 1.165) is 0 Å². The molecule has 68 valence electrons. The van der Waals surface area contributed by atoms with Gasteiger partial charge in [-0.2, -0.15) is 0 Å². The molecular weight excluding hydrogens is 182 g/mol. The monoisotopic (exact) mass is 199 g/mol. The van der Waals surface area contributed by atoms with Gasteiger partial charge in [0, 0.05) is 0 Å². The van der Waals surface area contributed by atoms with Gasteiger partial charge in [0.1, 0.15) is 6.95 Å². The molecule has 2 N–H and O–H groups in total. The minimum absolute atomic E-state index is 0.657. The second-order valence-corrected chi connectivity index (χ2v) is 11.8. The first kappa shape index (κ1) is 11.6. The van der Waals surface area contributed by atoms with E-state index in [9.17, 15) is 4.57 Å². The van der Waals surface area contributed by atoms with Crippen molar-refractivity contribution in [3.8, 4) is 0 Å². The van der Waals surface area contributed by atoms with Crippen LogP contribution in [0, 0.1) is 0 Å². The Hall–Kier alpha value is 0.580. The molecule has 0 aliphatic rings. The second kappa shape index (κ2) is 4.00. The van der Waals surface area contributed by atoms with E-state index in [1.807, 2.05) is 20.8 Å². The summed E-state index contributed by atoms with van der Waals surface area (Å²) in [5.41, 5.74) is 0. The van der Waals surface area contributed by atoms with Crippen LogP contribution in [0.3, 0.4) is 0 Å². The standard InChI is InChI=1S/C6H16O3P2/c1-4-10(5-2,6-3)11(7,8)9/h4-6H2,1-3H3,(H-,7,8,9)/p+1. The van der Waals surface area contributed by atoms with Gasteiger partial charge in [0.25, 0.3) is 0 Å². The third-order valence-electron chi connectivity index (χ3n) is 2.32. The molecule has 0 aliphatic carbocycles. The lowest BCUT2D eigenvalue weighted by molar-refractivity contribution is 0.394. The van der Waals surface area contributed by atoms with E-state index in [2.05, 4.69) is 0 Å². The lowest BCUT2D eigenvalue weighted by Gasteiger charge is -2.22. The van der Waals surface area contributed by atoms with Crippen LogP contribution in [0.5, 0.6) is 0 Å². The highest BCUT2D eigenvalue weighted by Gasteiger charge is 2.50. The van der Waals surface area contributed by atoms with Crippen LogP contribution in [0.4, 0.5) is 0 Å². The first-order valence-corrected chi connectivity index (χ1v) is 8.52. The van der Waals surface area contributed by atoms with E-state index in [0.29, 0.717) is 18.5 Å². The van der Waals surface area contributed by atoms with Gasteiger partial charge in [0.05, 0.1) is 18.5 Å². The number of rotatable bonds is 4. The highest BCUT2D eigenvalue weighted by atomic mass is 32.1. The molecule has 0 fully saturated rings. The van der Waals surface area contributed by atoms with Gasteiger partial charge in [0.2, 0.25) is 0 Å². The lowest BCUT2D eigenvalue weighted by atomic mass is 10.9. The quantitative estimate of drug-likeness (QED) is 0.682. The predicted molar refractivity (Wildman–Crippen MR) is 50.6 cm³/mol. The molecule has 0 saturated heterocycles. The molecule has 0 aliphatic heterocycles. The summed E-state index contributed by atoms with van der Waals surface area (Å²) in [6, 6.07) is 0. The van der Waals surface area contributed by atoms with Gasteiger partial charge in [-0.1, -0.05) is 0 Å². The van der Waals surface area contributed by atoms with Crippen LogP contribution in [0.15, 0.2) is 0 Å². The fourth-order valence-corrected chi connectivity index (χ4v) is 6.99. The third-order valence-corrected chi connectivity index (χ3v) is 12.8. The molecule has 0 aromatic carbocycles. The smallest absolute Gasteiger partial charge is 0.295 e. The zero-order chi connectivity index (χ0) is 9.12. The molecular formula is C6H17O3P2+. The largest absolute Gasteiger partial charge is 0.464 e. The minimum Gasteiger partial charge on any atom is -0.295 e. The Morgan fingerprint density at radius 3 is 1.36 bits per heavy atom. The molecule has 5 heteroatoms. The molecule has 0 rings (SSSR count). The van der Waals surface area contributed by atoms with Crippen LogP contribution >= 0.6 is 14.2 Å². The summed E-state index contributed by atoms with van der Waals surface area (Å²) in [6.07, 6.45) is 1.97. The molecule has 0 spiro atoms. The van der Waals surface area contributed by atoms with E-state index in [4.69, 9.17) is 9.79 Å². The van der Waals surface area contributed by atoms with Crippen molar-refractivity contribution in [2.24, 2.45) is 0 Å². The van der Waals surface area contributed by atoms with Crippen LogP contribution < -0.4 is 0 Å². The zero-order valence-corrected chi connectivity index (χ0v) is 9.11. The summed E-state index contributed by atoms with van der Waals surface area (Å²) in [6.45, 7) is 3.67. The Balaban J connectivity index is 4.70. The Kier molecular flexibility index (Phi) is 4.21. The molecule has 0 heterocycles. The van der Waals surface area contributed by atoms with Crippen molar-refractivity contribution in [3.63, 3.8) is 0 Å². The van der Waals surface area contributed by atoms with Gasteiger partial charge in [-0.15, -0.1) is 0 Å². The summed E-state index contributed by atoms with van der Waals surface area (Å²) in [7, 11) is -3.80. The van der Waals surface area contributed by atoms with E-state index in [-0.39, 0.29) is 0 Å². The maximum atomic E-state index is 11.1. The maximum Gasteiger partial charge on any atom is 0.464 e. The molecule has 0 atom stereocenters. The van der Waals surface area contributed by atoms with Crippen molar-refractivity contribution in [1.82, 2.24) is 0 Å². The summed E-state index contributed by atoms with van der Waals surface area (Å²) in [4.78, 5) is 18.2. The van der Waals surface area contributed by atoms with Crippen molar-refractivity contribution >= 4 is 14.2 Å². The number of hydrogen-bond donors (Lipinski definition) is 2. The average molecular weight is 199 g/mol. The van der Waals surface area contributed by atoms with Crippen LogP contribution in [0.1, 0.15) is 20.8 Å². The van der Waals surface area contributed by atoms with Crippen LogP contribution in [0.2, 0.25) is 0 Å². The van der Waals surface area contributed by atoms with Crippen LogP contribution in [-0.2, 0) is 4.57 Å². The van der Waals surface area contributed by atoms with E-state index in [1.54, 1.807) is 0 Å². The van der Waals surface area contributed by atoms with Gasteiger partial charge >= 0.3 is 7.28 Å². The molecule has 0 amide bonds. The fraction of sp³-hybridized carbons (Fsp3) is 1.00. The van der Waals surface area contributed by atoms with Gasteiger partial charge in [-0.25, -0.2) is 4.57 Å². The Bertz CT molecular complexity index is 151. The van der Waals surface area contributed by atoms with E-state index in [1.165, 1.54) is 0 Å². The van der Waals surface area contributed by atoms with Crippen molar-refractivity contribution < 1.29 is 14.4 Å². The molecule has 0 saturated carbocycles. The van der Waals surface area contributed by atoms with Gasteiger partial charge < -0.3 is 0 Å². The molecule has 3 nitrogen and oxygen atoms in total. The lowest BCUT2D eigenvalue weighted by Crippen LogP contribution is -2.02. The average Bonchev–Trinajstić information content (AvgIpc) is 1.90. The second-order valence-electron chi connectivity index (χ2n) is 2.56. The maximum absolute atomic E-state index is 11.1. The summed E-state index contributed by atoms with van der Waals surface area (Å²) >= 11 is 0. The summed E-state index contributed by atoms with van der Waals surface area (Å²) in [5, 5.41) is 0. The Morgan fingerprint density at radius 1 is 1.09 bits per heavy atom. The Labute approximate surface area is 68.6 Å². The van der Waals surface area contributed by atoms with Crippen molar-refractivity contribution in [2.75, 3.05) is 18.5 Å². The zero-order valence-electron chi connectivity index (χ0n) is 7.32. The summed E-state index contributed by atoms with van der Waals surface area (Å²) < 4.78 is 11.1. The molecule has 0 aromatic heterocycles. The molecule has 0 radical (unpaired) electrons. The molecule has 0 bridgehead atoms. The summed E-state index contributed by atoms with van der Waals surface area (Å²) in [5.74, 6) is 0. The third kappa shape index (κ3) is 2.26. The normalized spacial score (nSPS) is 13.5. The highest BCUT2D eigenvalue weighted by Crippen LogP contribution is 2.84. The van der Waals surface area contributed by atoms with Crippen molar-refractivity contribution in [1.29, 1.82) is 0 Å². The van der Waals surface area contributed by atoms with Gasteiger partial charge in [-0.3, -0.25) is 9.79 Å². The first-order valence-electron chi connectivity index (χ1n) is 3.85. The van der Waals surface area contributed by atoms with E-state index >= 15 is 0 Å². The molecule has 0 unspecified atom stereocenters. The topological polar surface area (TPSA) is 57.5 Å². The SMILES string of the molecule is CC[P+](CC)(CC)P(=O)(O)O.